The Kier molecular flexibility index (Phi) is 9.06. The van der Waals surface area contributed by atoms with Crippen molar-refractivity contribution in [1.29, 1.82) is 0 Å². The molecule has 0 radical (unpaired) electrons. The molecule has 0 atom stereocenters. The summed E-state index contributed by atoms with van der Waals surface area (Å²) in [6, 6.07) is 7.99. The molecule has 10 nitrogen and oxygen atoms in total. The molecule has 0 amide bonds. The van der Waals surface area contributed by atoms with Gasteiger partial charge in [0, 0.05) is 5.69 Å². The summed E-state index contributed by atoms with van der Waals surface area (Å²) in [5.74, 6) is -5.01. The Morgan fingerprint density at radius 2 is 1.21 bits per heavy atom. The lowest BCUT2D eigenvalue weighted by atomic mass is 10.2. The second-order valence-electron chi connectivity index (χ2n) is 9.12. The van der Waals surface area contributed by atoms with Crippen molar-refractivity contribution in [2.45, 2.75) is 26.7 Å². The highest BCUT2D eigenvalue weighted by atomic mass is 32.2. The molecule has 224 valence electrons. The molecule has 0 aliphatic rings. The van der Waals surface area contributed by atoms with Crippen LogP contribution in [0.1, 0.15) is 26.7 Å². The summed E-state index contributed by atoms with van der Waals surface area (Å²) >= 11 is 0. The second-order valence-corrected chi connectivity index (χ2v) is 12.8. The summed E-state index contributed by atoms with van der Waals surface area (Å²) in [4.78, 5) is 8.42. The number of hydrogen-bond acceptors (Lipinski definition) is 8. The Morgan fingerprint density at radius 1 is 0.690 bits per heavy atom. The van der Waals surface area contributed by atoms with Crippen molar-refractivity contribution in [3.05, 3.63) is 71.9 Å². The Bertz CT molecular complexity index is 1730. The topological polar surface area (TPSA) is 142 Å². The summed E-state index contributed by atoms with van der Waals surface area (Å²) in [5, 5.41) is 5.01. The predicted molar refractivity (Wildman–Crippen MR) is 154 cm³/mol. The van der Waals surface area contributed by atoms with Crippen LogP contribution < -0.4 is 20.1 Å². The maximum absolute atomic E-state index is 15.1. The predicted octanol–water partition coefficient (Wildman–Crippen LogP) is 5.98. The first-order chi connectivity index (χ1) is 19.8. The molecule has 4 rings (SSSR count). The van der Waals surface area contributed by atoms with E-state index in [1.54, 1.807) is 13.8 Å². The number of rotatable bonds is 12. The number of fused-ring (bicyclic) bond motifs is 1. The summed E-state index contributed by atoms with van der Waals surface area (Å²) in [5.41, 5.74) is -1.58. The average Bonchev–Trinajstić information content (AvgIpc) is 2.92. The zero-order valence-corrected chi connectivity index (χ0v) is 23.9. The quantitative estimate of drug-likeness (QED) is 0.141. The van der Waals surface area contributed by atoms with Gasteiger partial charge in [-0.1, -0.05) is 13.8 Å². The van der Waals surface area contributed by atoms with E-state index in [4.69, 9.17) is 0 Å². The smallest absolute Gasteiger partial charge is 0.232 e. The molecule has 42 heavy (non-hydrogen) atoms. The van der Waals surface area contributed by atoms with Crippen molar-refractivity contribution >= 4 is 65.3 Å². The summed E-state index contributed by atoms with van der Waals surface area (Å²) in [6.07, 6.45) is 1.77. The van der Waals surface area contributed by atoms with E-state index >= 15 is 8.78 Å². The Morgan fingerprint density at radius 3 is 1.74 bits per heavy atom. The first kappa shape index (κ1) is 30.8. The maximum Gasteiger partial charge on any atom is 0.232 e. The highest BCUT2D eigenvalue weighted by molar-refractivity contribution is 7.92. The molecule has 0 bridgehead atoms. The van der Waals surface area contributed by atoms with Crippen LogP contribution in [0.3, 0.4) is 0 Å². The number of aromatic nitrogens is 2. The van der Waals surface area contributed by atoms with Gasteiger partial charge in [0.2, 0.25) is 20.0 Å². The van der Waals surface area contributed by atoms with Crippen molar-refractivity contribution in [2.75, 3.05) is 31.6 Å². The Labute approximate surface area is 239 Å². The fourth-order valence-corrected chi connectivity index (χ4v) is 6.15. The third kappa shape index (κ3) is 7.17. The molecule has 1 aromatic heterocycles. The fourth-order valence-electron chi connectivity index (χ4n) is 3.89. The van der Waals surface area contributed by atoms with E-state index in [1.165, 1.54) is 24.4 Å². The van der Waals surface area contributed by atoms with Crippen LogP contribution in [0, 0.1) is 23.3 Å². The van der Waals surface area contributed by atoms with E-state index in [9.17, 15) is 25.6 Å². The second kappa shape index (κ2) is 12.4. The van der Waals surface area contributed by atoms with Crippen molar-refractivity contribution in [3.8, 4) is 0 Å². The molecule has 0 fully saturated rings. The molecule has 4 N–H and O–H groups in total. The third-order valence-corrected chi connectivity index (χ3v) is 8.68. The number of halogens is 4. The number of nitrogens with zero attached hydrogens (tertiary/aromatic N) is 2. The maximum atomic E-state index is 15.1. The van der Waals surface area contributed by atoms with E-state index in [1.807, 2.05) is 0 Å². The van der Waals surface area contributed by atoms with Crippen LogP contribution in [0.15, 0.2) is 48.7 Å². The van der Waals surface area contributed by atoms with E-state index in [-0.39, 0.29) is 34.9 Å². The highest BCUT2D eigenvalue weighted by Gasteiger charge is 2.20. The molecular formula is C26H26F4N6O4S2. The van der Waals surface area contributed by atoms with Crippen LogP contribution in [0.4, 0.5) is 51.8 Å². The van der Waals surface area contributed by atoms with Crippen LogP contribution in [-0.4, -0.2) is 38.3 Å². The summed E-state index contributed by atoms with van der Waals surface area (Å²) < 4.78 is 112. The van der Waals surface area contributed by atoms with Gasteiger partial charge in [0.15, 0.2) is 11.6 Å². The largest absolute Gasteiger partial charge is 0.351 e. The van der Waals surface area contributed by atoms with E-state index < -0.39 is 66.1 Å². The Balaban J connectivity index is 1.63. The molecule has 0 aliphatic heterocycles. The Hall–Kier alpha value is -4.18. The number of hydrogen-bond donors (Lipinski definition) is 4. The van der Waals surface area contributed by atoms with Crippen molar-refractivity contribution in [2.24, 2.45) is 0 Å². The van der Waals surface area contributed by atoms with Gasteiger partial charge in [-0.25, -0.2) is 39.4 Å². The lowest BCUT2D eigenvalue weighted by Gasteiger charge is -2.14. The fraction of sp³-hybridized carbons (Fsp3) is 0.231. The van der Waals surface area contributed by atoms with Crippen molar-refractivity contribution in [1.82, 2.24) is 9.97 Å². The van der Waals surface area contributed by atoms with Crippen molar-refractivity contribution < 1.29 is 34.4 Å². The van der Waals surface area contributed by atoms with Gasteiger partial charge in [-0.2, -0.15) is 0 Å². The standard InChI is InChI=1S/C26H26F4N6O4S2/c1-3-11-41(37,38)35-19-9-6-16(27)25(23(19)29)32-15-5-8-18-21(13-15)33-22(14-31-18)34-26-17(28)7-10-20(24(26)30)36-42(39,40)12-4-2/h5-10,13-14,32,35-36H,3-4,11-12H2,1-2H3,(H,33,34). The first-order valence-corrected chi connectivity index (χ1v) is 15.9. The molecule has 4 aromatic rings. The third-order valence-electron chi connectivity index (χ3n) is 5.72. The monoisotopic (exact) mass is 626 g/mol. The van der Waals surface area contributed by atoms with Crippen LogP contribution in [0.2, 0.25) is 0 Å². The molecule has 1 heterocycles. The van der Waals surface area contributed by atoms with Crippen LogP contribution in [0.5, 0.6) is 0 Å². The van der Waals surface area contributed by atoms with Gasteiger partial charge in [0.25, 0.3) is 0 Å². The SMILES string of the molecule is CCCS(=O)(=O)Nc1ccc(F)c(Nc2ccc3ncc(Nc4c(F)ccc(NS(=O)(=O)CCC)c4F)nc3c2)c1F. The molecule has 3 aromatic carbocycles. The van der Waals surface area contributed by atoms with Gasteiger partial charge < -0.3 is 10.6 Å². The summed E-state index contributed by atoms with van der Waals surface area (Å²) in [6.45, 7) is 3.27. The average molecular weight is 627 g/mol. The molecular weight excluding hydrogens is 600 g/mol. The van der Waals surface area contributed by atoms with Crippen LogP contribution >= 0.6 is 0 Å². The first-order valence-electron chi connectivity index (χ1n) is 12.6. The zero-order chi connectivity index (χ0) is 30.7. The number of sulfonamides is 2. The zero-order valence-electron chi connectivity index (χ0n) is 22.3. The minimum Gasteiger partial charge on any atom is -0.351 e. The summed E-state index contributed by atoms with van der Waals surface area (Å²) in [7, 11) is -7.69. The van der Waals surface area contributed by atoms with E-state index in [0.717, 1.165) is 24.3 Å². The number of anilines is 6. The van der Waals surface area contributed by atoms with Gasteiger partial charge in [0.1, 0.15) is 28.8 Å². The molecule has 16 heteroatoms. The number of benzene rings is 3. The van der Waals surface area contributed by atoms with Gasteiger partial charge in [-0.3, -0.25) is 14.4 Å². The molecule has 0 spiro atoms. The van der Waals surface area contributed by atoms with E-state index in [0.29, 0.717) is 11.9 Å². The minimum absolute atomic E-state index is 0.115. The molecule has 0 unspecified atom stereocenters. The molecule has 0 saturated carbocycles. The normalized spacial score (nSPS) is 11.9. The van der Waals surface area contributed by atoms with Gasteiger partial charge in [0.05, 0.1) is 40.1 Å². The van der Waals surface area contributed by atoms with Gasteiger partial charge in [-0.05, 0) is 55.3 Å². The molecule has 0 saturated heterocycles. The minimum atomic E-state index is -3.85. The van der Waals surface area contributed by atoms with Crippen LogP contribution in [0.25, 0.3) is 11.0 Å². The highest BCUT2D eigenvalue weighted by Crippen LogP contribution is 2.32. The van der Waals surface area contributed by atoms with E-state index in [2.05, 4.69) is 30.0 Å². The lowest BCUT2D eigenvalue weighted by molar-refractivity contribution is 0.588. The van der Waals surface area contributed by atoms with Gasteiger partial charge in [-0.15, -0.1) is 0 Å². The number of nitrogens with one attached hydrogen (secondary N) is 4. The van der Waals surface area contributed by atoms with Crippen molar-refractivity contribution in [3.63, 3.8) is 0 Å². The van der Waals surface area contributed by atoms with Crippen LogP contribution in [-0.2, 0) is 20.0 Å². The molecule has 0 aliphatic carbocycles. The van der Waals surface area contributed by atoms with Gasteiger partial charge >= 0.3 is 0 Å². The lowest BCUT2D eigenvalue weighted by Crippen LogP contribution is -2.17.